The first-order valence-corrected chi connectivity index (χ1v) is 6.64. The number of nitrogen functional groups attached to an aromatic ring is 1. The lowest BCUT2D eigenvalue weighted by Gasteiger charge is -2.06. The molecular formula is C15H14FN5O. The highest BCUT2D eigenvalue weighted by Crippen LogP contribution is 2.22. The van der Waals surface area contributed by atoms with Gasteiger partial charge in [-0.25, -0.2) is 4.39 Å². The van der Waals surface area contributed by atoms with E-state index in [1.54, 1.807) is 41.9 Å². The Morgan fingerprint density at radius 3 is 2.77 bits per heavy atom. The molecule has 0 bridgehead atoms. The molecule has 0 fully saturated rings. The predicted octanol–water partition coefficient (Wildman–Crippen LogP) is 2.32. The van der Waals surface area contributed by atoms with Crippen molar-refractivity contribution in [2.24, 2.45) is 5.73 Å². The second-order valence-electron chi connectivity index (χ2n) is 4.90. The maximum atomic E-state index is 13.8. The summed E-state index contributed by atoms with van der Waals surface area (Å²) in [5, 5.41) is 15.7. The van der Waals surface area contributed by atoms with Gasteiger partial charge in [0, 0.05) is 11.6 Å². The van der Waals surface area contributed by atoms with E-state index in [1.165, 1.54) is 6.07 Å². The van der Waals surface area contributed by atoms with Gasteiger partial charge in [-0.3, -0.25) is 10.1 Å². The zero-order valence-electron chi connectivity index (χ0n) is 11.9. The van der Waals surface area contributed by atoms with Crippen LogP contribution >= 0.6 is 0 Å². The topological polar surface area (TPSA) is 93.7 Å². The lowest BCUT2D eigenvalue weighted by molar-refractivity contribution is 0.399. The molecule has 0 aliphatic carbocycles. The molecule has 0 aliphatic rings. The number of halogens is 1. The van der Waals surface area contributed by atoms with Crippen molar-refractivity contribution >= 4 is 5.84 Å². The molecule has 0 unspecified atom stereocenters. The van der Waals surface area contributed by atoms with Gasteiger partial charge < -0.3 is 10.3 Å². The highest BCUT2D eigenvalue weighted by atomic mass is 19.1. The van der Waals surface area contributed by atoms with E-state index >= 15 is 0 Å². The summed E-state index contributed by atoms with van der Waals surface area (Å²) in [6.07, 6.45) is 0. The zero-order valence-corrected chi connectivity index (χ0v) is 11.9. The average molecular weight is 299 g/mol. The molecule has 7 heteroatoms. The third-order valence-electron chi connectivity index (χ3n) is 3.22. The van der Waals surface area contributed by atoms with Crippen LogP contribution in [0.2, 0.25) is 0 Å². The molecule has 3 N–H and O–H groups in total. The molecule has 112 valence electrons. The highest BCUT2D eigenvalue weighted by molar-refractivity contribution is 5.94. The lowest BCUT2D eigenvalue weighted by Crippen LogP contribution is -2.13. The van der Waals surface area contributed by atoms with Crippen LogP contribution in [-0.4, -0.2) is 20.8 Å². The van der Waals surface area contributed by atoms with E-state index in [1.807, 2.05) is 0 Å². The van der Waals surface area contributed by atoms with Gasteiger partial charge in [-0.05, 0) is 19.1 Å². The summed E-state index contributed by atoms with van der Waals surface area (Å²) < 4.78 is 20.5. The van der Waals surface area contributed by atoms with Crippen molar-refractivity contribution < 1.29 is 8.91 Å². The molecule has 2 heterocycles. The Labute approximate surface area is 125 Å². The summed E-state index contributed by atoms with van der Waals surface area (Å²) in [6, 6.07) is 9.85. The fourth-order valence-corrected chi connectivity index (χ4v) is 2.15. The Morgan fingerprint density at radius 1 is 1.36 bits per heavy atom. The van der Waals surface area contributed by atoms with Gasteiger partial charge in [0.25, 0.3) is 0 Å². The maximum absolute atomic E-state index is 13.8. The van der Waals surface area contributed by atoms with Crippen LogP contribution in [0.25, 0.3) is 11.4 Å². The molecule has 0 radical (unpaired) electrons. The minimum atomic E-state index is -0.315. The standard InChI is InChI=1S/C15H14FN5O/c1-9-6-12(20-22-9)14-7-13(15(17)18)19-21(14)8-10-4-2-3-5-11(10)16/h2-7H,8H2,1H3,(H3,17,18). The highest BCUT2D eigenvalue weighted by Gasteiger charge is 2.16. The van der Waals surface area contributed by atoms with Crippen molar-refractivity contribution in [3.05, 3.63) is 59.2 Å². The van der Waals surface area contributed by atoms with Gasteiger partial charge in [-0.15, -0.1) is 0 Å². The number of nitrogens with two attached hydrogens (primary N) is 1. The summed E-state index contributed by atoms with van der Waals surface area (Å²) in [5.41, 5.74) is 7.47. The molecule has 22 heavy (non-hydrogen) atoms. The first kappa shape index (κ1) is 14.0. The van der Waals surface area contributed by atoms with E-state index < -0.39 is 0 Å². The van der Waals surface area contributed by atoms with E-state index in [0.717, 1.165) is 0 Å². The molecule has 0 spiro atoms. The second kappa shape index (κ2) is 5.44. The molecular weight excluding hydrogens is 285 g/mol. The summed E-state index contributed by atoms with van der Waals surface area (Å²) in [6.45, 7) is 1.99. The van der Waals surface area contributed by atoms with Gasteiger partial charge in [0.2, 0.25) is 0 Å². The number of amidine groups is 1. The summed E-state index contributed by atoms with van der Waals surface area (Å²) in [5.74, 6) is 0.177. The molecule has 0 saturated heterocycles. The number of hydrogen-bond acceptors (Lipinski definition) is 4. The van der Waals surface area contributed by atoms with Crippen molar-refractivity contribution in [1.82, 2.24) is 14.9 Å². The fourth-order valence-electron chi connectivity index (χ4n) is 2.15. The van der Waals surface area contributed by atoms with Crippen LogP contribution in [0.15, 0.2) is 40.9 Å². The maximum Gasteiger partial charge on any atom is 0.143 e. The van der Waals surface area contributed by atoms with Crippen LogP contribution in [0, 0.1) is 18.2 Å². The van der Waals surface area contributed by atoms with Crippen molar-refractivity contribution in [3.63, 3.8) is 0 Å². The van der Waals surface area contributed by atoms with Crippen LogP contribution in [0.5, 0.6) is 0 Å². The first-order valence-electron chi connectivity index (χ1n) is 6.64. The van der Waals surface area contributed by atoms with E-state index in [0.29, 0.717) is 28.4 Å². The van der Waals surface area contributed by atoms with Crippen LogP contribution in [0.1, 0.15) is 17.0 Å². The largest absolute Gasteiger partial charge is 0.382 e. The van der Waals surface area contributed by atoms with E-state index in [-0.39, 0.29) is 18.2 Å². The van der Waals surface area contributed by atoms with Gasteiger partial charge in [0.15, 0.2) is 0 Å². The molecule has 6 nitrogen and oxygen atoms in total. The van der Waals surface area contributed by atoms with Crippen LogP contribution in [0.3, 0.4) is 0 Å². The number of rotatable bonds is 4. The van der Waals surface area contributed by atoms with Gasteiger partial charge in [0.1, 0.15) is 28.8 Å². The smallest absolute Gasteiger partial charge is 0.143 e. The Hall–Kier alpha value is -2.96. The SMILES string of the molecule is Cc1cc(-c2cc(C(=N)N)nn2Cc2ccccc2F)no1. The number of benzene rings is 1. The van der Waals surface area contributed by atoms with Gasteiger partial charge in [0.05, 0.1) is 12.2 Å². The Kier molecular flexibility index (Phi) is 3.46. The molecule has 0 saturated carbocycles. The molecule has 3 rings (SSSR count). The quantitative estimate of drug-likeness (QED) is 0.571. The van der Waals surface area contributed by atoms with Crippen LogP contribution < -0.4 is 5.73 Å². The number of aromatic nitrogens is 3. The third-order valence-corrected chi connectivity index (χ3v) is 3.22. The number of aryl methyl sites for hydroxylation is 1. The number of nitrogens with zero attached hydrogens (tertiary/aromatic N) is 3. The Balaban J connectivity index is 2.06. The summed E-state index contributed by atoms with van der Waals surface area (Å²) >= 11 is 0. The molecule has 3 aromatic rings. The van der Waals surface area contributed by atoms with Gasteiger partial charge in [-0.1, -0.05) is 23.4 Å². The van der Waals surface area contributed by atoms with Gasteiger partial charge >= 0.3 is 0 Å². The van der Waals surface area contributed by atoms with Gasteiger partial charge in [-0.2, -0.15) is 5.10 Å². The van der Waals surface area contributed by atoms with Crippen LogP contribution in [0.4, 0.5) is 4.39 Å². The monoisotopic (exact) mass is 299 g/mol. The van der Waals surface area contributed by atoms with Crippen molar-refractivity contribution in [1.29, 1.82) is 5.41 Å². The lowest BCUT2D eigenvalue weighted by atomic mass is 10.2. The average Bonchev–Trinajstić information content (AvgIpc) is 3.08. The molecule has 0 atom stereocenters. The summed E-state index contributed by atoms with van der Waals surface area (Å²) in [4.78, 5) is 0. The molecule has 1 aromatic carbocycles. The minimum Gasteiger partial charge on any atom is -0.382 e. The fraction of sp³-hybridized carbons (Fsp3) is 0.133. The Bertz CT molecular complexity index is 836. The summed E-state index contributed by atoms with van der Waals surface area (Å²) in [7, 11) is 0. The Morgan fingerprint density at radius 2 is 2.14 bits per heavy atom. The third kappa shape index (κ3) is 2.60. The van der Waals surface area contributed by atoms with E-state index in [2.05, 4.69) is 10.3 Å². The van der Waals surface area contributed by atoms with Crippen molar-refractivity contribution in [2.75, 3.05) is 0 Å². The molecule has 0 aliphatic heterocycles. The van der Waals surface area contributed by atoms with Crippen LogP contribution in [-0.2, 0) is 6.54 Å². The number of nitrogens with one attached hydrogen (secondary N) is 1. The normalized spacial score (nSPS) is 10.8. The molecule has 2 aromatic heterocycles. The second-order valence-corrected chi connectivity index (χ2v) is 4.90. The van der Waals surface area contributed by atoms with Crippen molar-refractivity contribution in [3.8, 4) is 11.4 Å². The van der Waals surface area contributed by atoms with E-state index in [4.69, 9.17) is 15.7 Å². The minimum absolute atomic E-state index is 0.159. The zero-order chi connectivity index (χ0) is 15.7. The number of hydrogen-bond donors (Lipinski definition) is 2. The first-order chi connectivity index (χ1) is 10.5. The predicted molar refractivity (Wildman–Crippen MR) is 79.0 cm³/mol. The van der Waals surface area contributed by atoms with Crippen molar-refractivity contribution in [2.45, 2.75) is 13.5 Å². The van der Waals surface area contributed by atoms with E-state index in [9.17, 15) is 4.39 Å². The molecule has 0 amide bonds.